The summed E-state index contributed by atoms with van der Waals surface area (Å²) in [6.07, 6.45) is 5.41. The molecule has 54 heavy (non-hydrogen) atoms. The number of aliphatic hydroxyl groups is 4. The van der Waals surface area contributed by atoms with Gasteiger partial charge >= 0.3 is 0 Å². The van der Waals surface area contributed by atoms with Gasteiger partial charge in [0.05, 0.1) is 72.6 Å². The van der Waals surface area contributed by atoms with Crippen LogP contribution in [0.1, 0.15) is 91.9 Å². The Kier molecular flexibility index (Phi) is 33.0. The van der Waals surface area contributed by atoms with E-state index in [1.54, 1.807) is 0 Å². The Bertz CT molecular complexity index is 784. The van der Waals surface area contributed by atoms with Crippen molar-refractivity contribution in [2.75, 3.05) is 104 Å². The van der Waals surface area contributed by atoms with Gasteiger partial charge in [-0.1, -0.05) is 66.2 Å². The molecule has 0 aromatic carbocycles. The van der Waals surface area contributed by atoms with E-state index in [0.29, 0.717) is 38.1 Å². The van der Waals surface area contributed by atoms with E-state index in [0.717, 1.165) is 51.4 Å². The summed E-state index contributed by atoms with van der Waals surface area (Å²) < 4.78 is 77.6. The molecule has 16 nitrogen and oxygen atoms in total. The summed E-state index contributed by atoms with van der Waals surface area (Å²) >= 11 is 0. The Morgan fingerprint density at radius 1 is 0.444 bits per heavy atom. The minimum atomic E-state index is -3.62. The molecule has 330 valence electrons. The summed E-state index contributed by atoms with van der Waals surface area (Å²) in [6, 6.07) is 0. The van der Waals surface area contributed by atoms with Crippen LogP contribution in [0, 0.1) is 11.8 Å². The van der Waals surface area contributed by atoms with Gasteiger partial charge in [0.15, 0.2) is 0 Å². The predicted octanol–water partition coefficient (Wildman–Crippen LogP) is 4.76. The zero-order valence-corrected chi connectivity index (χ0v) is 35.3. The van der Waals surface area contributed by atoms with Gasteiger partial charge in [-0.25, -0.2) is 0 Å². The average molecular weight is 829 g/mol. The van der Waals surface area contributed by atoms with E-state index in [-0.39, 0.29) is 90.2 Å². The van der Waals surface area contributed by atoms with Gasteiger partial charge in [-0.05, 0) is 37.5 Å². The van der Waals surface area contributed by atoms with Gasteiger partial charge in [-0.3, -0.25) is 9.80 Å². The van der Waals surface area contributed by atoms with E-state index >= 15 is 0 Å². The van der Waals surface area contributed by atoms with E-state index in [1.807, 2.05) is 9.80 Å². The third-order valence-electron chi connectivity index (χ3n) is 9.06. The molecule has 0 amide bonds. The van der Waals surface area contributed by atoms with Crippen LogP contribution in [0.5, 0.6) is 0 Å². The van der Waals surface area contributed by atoms with Crippen molar-refractivity contribution in [2.24, 2.45) is 11.8 Å². The molecule has 0 heterocycles. The molecule has 10 N–H and O–H groups in total. The van der Waals surface area contributed by atoms with Gasteiger partial charge in [0.1, 0.15) is 0 Å². The van der Waals surface area contributed by atoms with Crippen molar-refractivity contribution in [2.45, 2.75) is 116 Å². The highest BCUT2D eigenvalue weighted by atomic mass is 32.3. The number of rotatable bonds is 39. The van der Waals surface area contributed by atoms with Crippen LogP contribution in [0.15, 0.2) is 0 Å². The first kappa shape index (κ1) is 54.1. The smallest absolute Gasteiger partial charge is 0.0900 e. The summed E-state index contributed by atoms with van der Waals surface area (Å²) in [5, 5.41) is 43.6. The minimum absolute atomic E-state index is 0.0783. The Morgan fingerprint density at radius 2 is 0.759 bits per heavy atom. The molecule has 6 unspecified atom stereocenters. The lowest BCUT2D eigenvalue weighted by Gasteiger charge is -2.32. The molecule has 0 aliphatic heterocycles. The van der Waals surface area contributed by atoms with E-state index in [4.69, 9.17) is 46.3 Å². The lowest BCUT2D eigenvalue weighted by molar-refractivity contribution is -0.0289. The molecule has 0 aliphatic rings. The molecule has 0 saturated carbocycles. The number of unbranched alkanes of at least 4 members (excludes halogenated alkanes) is 2. The van der Waals surface area contributed by atoms with Gasteiger partial charge in [-0.15, -0.1) is 0 Å². The summed E-state index contributed by atoms with van der Waals surface area (Å²) in [5.41, 5.74) is 0. The molecule has 0 radical (unpaired) electrons. The maximum Gasteiger partial charge on any atom is 0.0900 e. The molecule has 0 fully saturated rings. The lowest BCUT2D eigenvalue weighted by atomic mass is 10.0. The number of aliphatic hydroxyl groups excluding tert-OH is 4. The monoisotopic (exact) mass is 829 g/mol. The SMILES string of the molecule is CCCCC(CC)COCC(O)CN(CCN(CC(O)COCCCS(O)(O)O)CC(O)COCCCS(O)(O)O)CC(O)COCC(CC)CCCC. The second kappa shape index (κ2) is 33.0. The van der Waals surface area contributed by atoms with Gasteiger partial charge < -0.3 is 66.7 Å². The Labute approximate surface area is 329 Å². The number of nitrogens with zero attached hydrogens (tertiary/aromatic N) is 2. The van der Waals surface area contributed by atoms with Gasteiger partial charge in [0.2, 0.25) is 0 Å². The first-order valence-electron chi connectivity index (χ1n) is 20.0. The molecule has 0 rings (SSSR count). The van der Waals surface area contributed by atoms with Crippen molar-refractivity contribution >= 4 is 21.7 Å². The summed E-state index contributed by atoms with van der Waals surface area (Å²) in [6.45, 7) is 11.4. The van der Waals surface area contributed by atoms with Crippen LogP contribution in [0.3, 0.4) is 0 Å². The zero-order chi connectivity index (χ0) is 40.8. The highest BCUT2D eigenvalue weighted by molar-refractivity contribution is 8.19. The van der Waals surface area contributed by atoms with Crippen LogP contribution in [-0.4, -0.2) is 186 Å². The lowest BCUT2D eigenvalue weighted by Crippen LogP contribution is -2.47. The van der Waals surface area contributed by atoms with E-state index < -0.39 is 46.2 Å². The summed E-state index contributed by atoms with van der Waals surface area (Å²) in [7, 11) is -7.24. The second-order valence-corrected chi connectivity index (χ2v) is 17.9. The third kappa shape index (κ3) is 34.1. The van der Waals surface area contributed by atoms with Crippen molar-refractivity contribution in [1.29, 1.82) is 0 Å². The highest BCUT2D eigenvalue weighted by Crippen LogP contribution is 2.33. The van der Waals surface area contributed by atoms with Crippen LogP contribution in [0.25, 0.3) is 0 Å². The first-order chi connectivity index (χ1) is 25.5. The summed E-state index contributed by atoms with van der Waals surface area (Å²) in [5.74, 6) is 0.382. The quantitative estimate of drug-likeness (QED) is 0.0376. The van der Waals surface area contributed by atoms with Crippen LogP contribution < -0.4 is 0 Å². The Morgan fingerprint density at radius 3 is 1.04 bits per heavy atom. The zero-order valence-electron chi connectivity index (χ0n) is 33.7. The normalized spacial score (nSPS) is 16.8. The van der Waals surface area contributed by atoms with Crippen molar-refractivity contribution < 1.29 is 66.7 Å². The Balaban J connectivity index is 5.55. The number of ether oxygens (including phenoxy) is 4. The van der Waals surface area contributed by atoms with Crippen molar-refractivity contribution in [3.05, 3.63) is 0 Å². The van der Waals surface area contributed by atoms with E-state index in [1.165, 1.54) is 0 Å². The van der Waals surface area contributed by atoms with Gasteiger partial charge in [0, 0.05) is 77.2 Å². The fourth-order valence-electron chi connectivity index (χ4n) is 5.89. The number of hydrogen-bond donors (Lipinski definition) is 10. The third-order valence-corrected chi connectivity index (χ3v) is 10.7. The fraction of sp³-hybridized carbons (Fsp3) is 1.00. The van der Waals surface area contributed by atoms with Crippen LogP contribution in [0.2, 0.25) is 0 Å². The minimum Gasteiger partial charge on any atom is -0.389 e. The maximum atomic E-state index is 11.0. The largest absolute Gasteiger partial charge is 0.389 e. The molecule has 0 spiro atoms. The Hall–Kier alpha value is 0.0600. The predicted molar refractivity (Wildman–Crippen MR) is 217 cm³/mol. The molecule has 0 aromatic rings. The van der Waals surface area contributed by atoms with Gasteiger partial charge in [0.25, 0.3) is 0 Å². The molecule has 0 aliphatic carbocycles. The highest BCUT2D eigenvalue weighted by Gasteiger charge is 2.22. The van der Waals surface area contributed by atoms with Crippen LogP contribution >= 0.6 is 21.7 Å². The van der Waals surface area contributed by atoms with Crippen LogP contribution in [-0.2, 0) is 18.9 Å². The first-order valence-corrected chi connectivity index (χ1v) is 23.3. The van der Waals surface area contributed by atoms with Crippen molar-refractivity contribution in [1.82, 2.24) is 9.80 Å². The molecule has 0 aromatic heterocycles. The van der Waals surface area contributed by atoms with Crippen molar-refractivity contribution in [3.63, 3.8) is 0 Å². The van der Waals surface area contributed by atoms with Crippen molar-refractivity contribution in [3.8, 4) is 0 Å². The van der Waals surface area contributed by atoms with Crippen LogP contribution in [0.4, 0.5) is 0 Å². The van der Waals surface area contributed by atoms with E-state index in [2.05, 4.69) is 27.7 Å². The standard InChI is InChI=1S/C36H80N2O14S2/c1-5-9-13-31(7-3)25-51-29-35(41)23-38(24-36(42)30-52-26-32(8-4)14-10-6-2)16-15-37(21-33(39)27-49-17-11-19-53(43,44)45)22-34(40)28-50-18-12-20-54(46,47)48/h31-36,39-48H,5-30H2,1-4H3. The molecular weight excluding hydrogens is 749 g/mol. The fourth-order valence-corrected chi connectivity index (χ4v) is 6.90. The summed E-state index contributed by atoms with van der Waals surface area (Å²) in [4.78, 5) is 3.73. The number of hydrogen-bond acceptors (Lipinski definition) is 16. The maximum absolute atomic E-state index is 11.0. The molecule has 0 saturated heterocycles. The van der Waals surface area contributed by atoms with E-state index in [9.17, 15) is 20.4 Å². The molecular formula is C36H80N2O14S2. The average Bonchev–Trinajstić information content (AvgIpc) is 3.08. The molecule has 0 bridgehead atoms. The molecule has 18 heteroatoms. The van der Waals surface area contributed by atoms with Gasteiger partial charge in [-0.2, -0.15) is 0 Å². The second-order valence-electron chi connectivity index (χ2n) is 14.6. The molecule has 6 atom stereocenters. The topological polar surface area (TPSA) is 246 Å².